The largest absolute Gasteiger partial charge is 0.544 e. The van der Waals surface area contributed by atoms with Crippen LogP contribution in [-0.4, -0.2) is 45.0 Å². The van der Waals surface area contributed by atoms with E-state index in [4.69, 9.17) is 0 Å². The second-order valence-electron chi connectivity index (χ2n) is 7.30. The molecular weight excluding hydrogens is 346 g/mol. The highest BCUT2D eigenvalue weighted by atomic mass is 16.4. The Morgan fingerprint density at radius 3 is 1.70 bits per heavy atom. The average Bonchev–Trinajstić information content (AvgIpc) is 2.61. The second kappa shape index (κ2) is 14.5. The lowest BCUT2D eigenvalue weighted by Gasteiger charge is -2.37. The van der Waals surface area contributed by atoms with Crippen molar-refractivity contribution in [3.8, 4) is 0 Å². The molecule has 0 spiro atoms. The number of hydrogen-bond acceptors (Lipinski definition) is 5. The zero-order chi connectivity index (χ0) is 20.7. The van der Waals surface area contributed by atoms with Crippen molar-refractivity contribution in [2.45, 2.75) is 91.0 Å². The summed E-state index contributed by atoms with van der Waals surface area (Å²) in [5.74, 6) is -1.15. The first-order valence-electron chi connectivity index (χ1n) is 10.3. The molecule has 0 aromatic heterocycles. The molecule has 0 bridgehead atoms. The molecule has 2 atom stereocenters. The number of aliphatic hydroxyl groups is 3. The molecule has 0 rings (SSSR count). The first-order chi connectivity index (χ1) is 12.8. The van der Waals surface area contributed by atoms with Crippen LogP contribution in [0.25, 0.3) is 0 Å². The van der Waals surface area contributed by atoms with Gasteiger partial charge in [-0.3, -0.25) is 4.48 Å². The van der Waals surface area contributed by atoms with Crippen LogP contribution in [0.4, 0.5) is 0 Å². The molecular formula is C21H39NO5. The van der Waals surface area contributed by atoms with E-state index in [2.05, 4.69) is 13.8 Å². The van der Waals surface area contributed by atoms with Crippen LogP contribution in [0.15, 0.2) is 23.9 Å². The Morgan fingerprint density at radius 2 is 1.37 bits per heavy atom. The van der Waals surface area contributed by atoms with Gasteiger partial charge in [0.05, 0.1) is 12.6 Å². The monoisotopic (exact) mass is 385 g/mol. The van der Waals surface area contributed by atoms with Crippen molar-refractivity contribution in [1.82, 2.24) is 0 Å². The number of nitrogens with zero attached hydrogens (tertiary/aromatic N) is 1. The Hall–Kier alpha value is -1.53. The number of rotatable bonds is 16. The van der Waals surface area contributed by atoms with Gasteiger partial charge in [0.1, 0.15) is 36.5 Å². The fourth-order valence-corrected chi connectivity index (χ4v) is 3.10. The number of allylic oxidation sites excluding steroid dienone is 2. The normalized spacial score (nSPS) is 16.1. The van der Waals surface area contributed by atoms with Gasteiger partial charge in [0.15, 0.2) is 0 Å². The second-order valence-corrected chi connectivity index (χ2v) is 7.30. The van der Waals surface area contributed by atoms with Gasteiger partial charge in [-0.25, -0.2) is 0 Å². The van der Waals surface area contributed by atoms with Gasteiger partial charge in [-0.05, 0) is 19.8 Å². The molecule has 3 N–H and O–H groups in total. The van der Waals surface area contributed by atoms with Crippen molar-refractivity contribution >= 4 is 5.97 Å². The molecule has 158 valence electrons. The number of unbranched alkanes of at least 4 members (excludes halogenated alkanes) is 6. The first kappa shape index (κ1) is 25.5. The fourth-order valence-electron chi connectivity index (χ4n) is 3.10. The van der Waals surface area contributed by atoms with Crippen LogP contribution >= 0.6 is 0 Å². The van der Waals surface area contributed by atoms with Crippen LogP contribution in [0, 0.1) is 0 Å². The van der Waals surface area contributed by atoms with E-state index in [1.165, 1.54) is 19.3 Å². The third-order valence-electron chi connectivity index (χ3n) is 4.90. The highest BCUT2D eigenvalue weighted by Crippen LogP contribution is 2.23. The molecule has 0 aliphatic rings. The molecule has 0 radical (unpaired) electrons. The van der Waals surface area contributed by atoms with Gasteiger partial charge in [-0.15, -0.1) is 0 Å². The van der Waals surface area contributed by atoms with Crippen LogP contribution < -0.4 is 5.11 Å². The zero-order valence-corrected chi connectivity index (χ0v) is 17.3. The number of carbonyl (C=O) groups excluding carboxylic acids is 1. The molecule has 0 fully saturated rings. The number of aliphatic carboxylic acids is 1. The van der Waals surface area contributed by atoms with Crippen LogP contribution in [0.5, 0.6) is 0 Å². The van der Waals surface area contributed by atoms with E-state index in [-0.39, 0.29) is 29.2 Å². The molecule has 0 aliphatic carbocycles. The van der Waals surface area contributed by atoms with Crippen molar-refractivity contribution in [1.29, 1.82) is 0 Å². The van der Waals surface area contributed by atoms with Gasteiger partial charge in [0.25, 0.3) is 0 Å². The van der Waals surface area contributed by atoms with E-state index in [9.17, 15) is 25.2 Å². The predicted octanol–water partition coefficient (Wildman–Crippen LogP) is 3.67. The molecule has 0 saturated carbocycles. The summed E-state index contributed by atoms with van der Waals surface area (Å²) in [5.41, 5.74) is 0. The number of aliphatic hydroxyl groups excluding tert-OH is 3. The van der Waals surface area contributed by atoms with E-state index in [1.807, 2.05) is 0 Å². The Bertz CT molecular complexity index is 445. The Kier molecular flexibility index (Phi) is 13.7. The molecule has 0 heterocycles. The minimum absolute atomic E-state index is 0.0349. The summed E-state index contributed by atoms with van der Waals surface area (Å²) in [6, 6.07) is -1.05. The van der Waals surface area contributed by atoms with E-state index in [1.54, 1.807) is 0 Å². The summed E-state index contributed by atoms with van der Waals surface area (Å²) < 4.78 is -0.363. The molecule has 0 aliphatic heterocycles. The summed E-state index contributed by atoms with van der Waals surface area (Å²) in [6.07, 6.45) is 11.7. The molecule has 6 heteroatoms. The number of carboxylic acid groups (broad SMARTS) is 1. The van der Waals surface area contributed by atoms with Gasteiger partial charge in [-0.2, -0.15) is 0 Å². The smallest absolute Gasteiger partial charge is 0.146 e. The number of carboxylic acids is 1. The van der Waals surface area contributed by atoms with Crippen molar-refractivity contribution in [3.63, 3.8) is 0 Å². The third-order valence-corrected chi connectivity index (χ3v) is 4.90. The maximum atomic E-state index is 11.6. The minimum Gasteiger partial charge on any atom is -0.544 e. The summed E-state index contributed by atoms with van der Waals surface area (Å²) in [4.78, 5) is 11.6. The maximum Gasteiger partial charge on any atom is 0.146 e. The molecule has 0 aromatic carbocycles. The summed E-state index contributed by atoms with van der Waals surface area (Å²) in [7, 11) is 0. The number of carbonyl (C=O) groups is 1. The Balaban J connectivity index is 5.47. The summed E-state index contributed by atoms with van der Waals surface area (Å²) in [5, 5.41) is 41.7. The lowest BCUT2D eigenvalue weighted by atomic mass is 10.1. The van der Waals surface area contributed by atoms with Crippen molar-refractivity contribution in [2.24, 2.45) is 0 Å². The van der Waals surface area contributed by atoms with Crippen LogP contribution in [0.1, 0.15) is 85.0 Å². The van der Waals surface area contributed by atoms with E-state index >= 15 is 0 Å². The fraction of sp³-hybridized carbons (Fsp3) is 0.762. The van der Waals surface area contributed by atoms with Gasteiger partial charge in [-0.1, -0.05) is 52.4 Å². The topological polar surface area (TPSA) is 101 Å². The van der Waals surface area contributed by atoms with Crippen LogP contribution in [0.2, 0.25) is 0 Å². The number of hydrogen-bond donors (Lipinski definition) is 3. The third kappa shape index (κ3) is 10.4. The van der Waals surface area contributed by atoms with E-state index in [0.717, 1.165) is 51.4 Å². The molecule has 0 aromatic rings. The van der Waals surface area contributed by atoms with Crippen molar-refractivity contribution in [3.05, 3.63) is 23.9 Å². The Labute approximate surface area is 164 Å². The average molecular weight is 386 g/mol. The van der Waals surface area contributed by atoms with Gasteiger partial charge < -0.3 is 25.2 Å². The molecule has 2 unspecified atom stereocenters. The van der Waals surface area contributed by atoms with Crippen molar-refractivity contribution in [2.75, 3.05) is 13.2 Å². The van der Waals surface area contributed by atoms with Gasteiger partial charge >= 0.3 is 0 Å². The molecule has 6 nitrogen and oxygen atoms in total. The van der Waals surface area contributed by atoms with Crippen LogP contribution in [-0.2, 0) is 4.79 Å². The summed E-state index contributed by atoms with van der Waals surface area (Å²) in [6.45, 7) is 5.43. The lowest BCUT2D eigenvalue weighted by molar-refractivity contribution is -0.848. The highest BCUT2D eigenvalue weighted by molar-refractivity contribution is 5.69. The van der Waals surface area contributed by atoms with E-state index in [0.29, 0.717) is 12.8 Å². The summed E-state index contributed by atoms with van der Waals surface area (Å²) >= 11 is 0. The highest BCUT2D eigenvalue weighted by Gasteiger charge is 2.33. The zero-order valence-electron chi connectivity index (χ0n) is 17.3. The lowest BCUT2D eigenvalue weighted by Crippen LogP contribution is -2.55. The molecule has 0 saturated heterocycles. The first-order valence-corrected chi connectivity index (χ1v) is 10.3. The number of quaternary nitrogens is 1. The van der Waals surface area contributed by atoms with Gasteiger partial charge in [0.2, 0.25) is 0 Å². The van der Waals surface area contributed by atoms with Crippen LogP contribution in [0.3, 0.4) is 0 Å². The SMILES string of the molecule is CCCCCC/C(O)=C/[N+](/C=C(/O)CCCCCC)(CCO)C(C)C(=O)[O-]. The van der Waals surface area contributed by atoms with Gasteiger partial charge in [0, 0.05) is 12.8 Å². The van der Waals surface area contributed by atoms with E-state index < -0.39 is 12.0 Å². The predicted molar refractivity (Wildman–Crippen MR) is 106 cm³/mol. The Morgan fingerprint density at radius 1 is 0.926 bits per heavy atom. The minimum atomic E-state index is -1.30. The molecule has 0 amide bonds. The van der Waals surface area contributed by atoms with Crippen molar-refractivity contribution < 1.29 is 29.7 Å². The molecule has 27 heavy (non-hydrogen) atoms. The quantitative estimate of drug-likeness (QED) is 0.214. The maximum absolute atomic E-state index is 11.6. The standard InChI is InChI=1S/C21H39NO5/c1-4-6-8-10-12-19(24)16-22(14-15-23,18(3)21(26)27)17-20(25)13-11-9-7-5-2/h16-18,23H,4-15H2,1-3H3,(H2-,24,25,26,27)/b19-16-,20-17+.